The highest BCUT2D eigenvalue weighted by molar-refractivity contribution is 5.93. The molecule has 0 saturated carbocycles. The van der Waals surface area contributed by atoms with Crippen LogP contribution in [0.1, 0.15) is 40.3 Å². The van der Waals surface area contributed by atoms with E-state index in [1.54, 1.807) is 0 Å². The molecule has 0 nitrogen and oxygen atoms in total. The van der Waals surface area contributed by atoms with Gasteiger partial charge in [-0.1, -0.05) is 84.7 Å². The maximum Gasteiger partial charge on any atom is 0.0328 e. The van der Waals surface area contributed by atoms with Gasteiger partial charge in [-0.25, -0.2) is 0 Å². The van der Waals surface area contributed by atoms with Crippen LogP contribution in [-0.4, -0.2) is 0 Å². The Morgan fingerprint density at radius 1 is 0.552 bits per heavy atom. The van der Waals surface area contributed by atoms with E-state index in [0.29, 0.717) is 0 Å². The molecule has 0 fully saturated rings. The van der Waals surface area contributed by atoms with Crippen molar-refractivity contribution >= 4 is 10.8 Å². The van der Waals surface area contributed by atoms with Gasteiger partial charge in [-0.15, -0.1) is 0 Å². The molecule has 0 aliphatic carbocycles. The van der Waals surface area contributed by atoms with Crippen molar-refractivity contribution in [1.82, 2.24) is 0 Å². The Kier molecular flexibility index (Phi) is 5.47. The van der Waals surface area contributed by atoms with Gasteiger partial charge in [0.05, 0.1) is 0 Å². The Balaban J connectivity index is 1.71. The standard InChI is InChI=1S/C29H22/c1-3-23-12-14-25(15-13-23)17-19-27-21-20-26(28-6-4-5-7-29(27)28)18-16-24-10-8-22(2)9-11-24/h4-15,20-21H,3H2,1-2H3. The average molecular weight is 370 g/mol. The Labute approximate surface area is 173 Å². The van der Waals surface area contributed by atoms with Crippen LogP contribution in [0.2, 0.25) is 0 Å². The third-order valence-corrected chi connectivity index (χ3v) is 5.02. The third-order valence-electron chi connectivity index (χ3n) is 5.02. The second-order valence-corrected chi connectivity index (χ2v) is 7.12. The first kappa shape index (κ1) is 18.6. The number of benzene rings is 4. The van der Waals surface area contributed by atoms with Gasteiger partial charge >= 0.3 is 0 Å². The fourth-order valence-electron chi connectivity index (χ4n) is 3.26. The van der Waals surface area contributed by atoms with Crippen molar-refractivity contribution < 1.29 is 0 Å². The van der Waals surface area contributed by atoms with Crippen molar-refractivity contribution in [2.24, 2.45) is 0 Å². The van der Waals surface area contributed by atoms with Crippen molar-refractivity contribution in [1.29, 1.82) is 0 Å². The van der Waals surface area contributed by atoms with Gasteiger partial charge in [0.2, 0.25) is 0 Å². The molecule has 0 aromatic heterocycles. The van der Waals surface area contributed by atoms with Crippen molar-refractivity contribution in [3.05, 3.63) is 118 Å². The predicted molar refractivity (Wildman–Crippen MR) is 123 cm³/mol. The maximum atomic E-state index is 3.35. The summed E-state index contributed by atoms with van der Waals surface area (Å²) in [6.07, 6.45) is 1.05. The summed E-state index contributed by atoms with van der Waals surface area (Å²) >= 11 is 0. The summed E-state index contributed by atoms with van der Waals surface area (Å²) in [5.41, 5.74) is 6.69. The largest absolute Gasteiger partial charge is 0.0616 e. The van der Waals surface area contributed by atoms with Gasteiger partial charge in [0.25, 0.3) is 0 Å². The summed E-state index contributed by atoms with van der Waals surface area (Å²) in [7, 11) is 0. The fraction of sp³-hybridized carbons (Fsp3) is 0.103. The molecule has 0 aliphatic rings. The molecule has 4 aromatic carbocycles. The minimum atomic E-state index is 1.03. The van der Waals surface area contributed by atoms with Crippen LogP contribution < -0.4 is 0 Å². The monoisotopic (exact) mass is 370 g/mol. The molecule has 0 heteroatoms. The summed E-state index contributed by atoms with van der Waals surface area (Å²) in [6.45, 7) is 4.25. The molecule has 0 N–H and O–H groups in total. The molecular formula is C29H22. The molecule has 0 aliphatic heterocycles. The molecule has 0 bridgehead atoms. The Morgan fingerprint density at radius 3 is 1.52 bits per heavy atom. The fourth-order valence-corrected chi connectivity index (χ4v) is 3.26. The van der Waals surface area contributed by atoms with Crippen LogP contribution in [0, 0.1) is 30.6 Å². The highest BCUT2D eigenvalue weighted by Gasteiger charge is 2.02. The molecule has 0 spiro atoms. The highest BCUT2D eigenvalue weighted by atomic mass is 14.0. The summed E-state index contributed by atoms with van der Waals surface area (Å²) in [5, 5.41) is 2.28. The lowest BCUT2D eigenvalue weighted by atomic mass is 9.99. The molecule has 0 saturated heterocycles. The van der Waals surface area contributed by atoms with E-state index in [2.05, 4.69) is 122 Å². The second-order valence-electron chi connectivity index (χ2n) is 7.12. The Morgan fingerprint density at radius 2 is 1.03 bits per heavy atom. The van der Waals surface area contributed by atoms with Crippen LogP contribution in [0.15, 0.2) is 84.9 Å². The van der Waals surface area contributed by atoms with Crippen molar-refractivity contribution in [3.63, 3.8) is 0 Å². The smallest absolute Gasteiger partial charge is 0.0328 e. The van der Waals surface area contributed by atoms with Gasteiger partial charge in [-0.05, 0) is 66.1 Å². The minimum absolute atomic E-state index is 1.03. The summed E-state index contributed by atoms with van der Waals surface area (Å²) in [5.74, 6) is 13.3. The van der Waals surface area contributed by atoms with Gasteiger partial charge in [-0.2, -0.15) is 0 Å². The lowest BCUT2D eigenvalue weighted by molar-refractivity contribution is 1.14. The Hall–Kier alpha value is -3.74. The van der Waals surface area contributed by atoms with Gasteiger partial charge < -0.3 is 0 Å². The van der Waals surface area contributed by atoms with E-state index in [1.807, 2.05) is 0 Å². The topological polar surface area (TPSA) is 0 Å². The molecule has 0 atom stereocenters. The van der Waals surface area contributed by atoms with Crippen LogP contribution in [0.3, 0.4) is 0 Å². The van der Waals surface area contributed by atoms with Crippen molar-refractivity contribution in [2.75, 3.05) is 0 Å². The van der Waals surface area contributed by atoms with Gasteiger partial charge in [0, 0.05) is 22.3 Å². The average Bonchev–Trinajstić information content (AvgIpc) is 2.78. The first-order chi connectivity index (χ1) is 14.2. The number of aryl methyl sites for hydroxylation is 2. The molecule has 4 aromatic rings. The third kappa shape index (κ3) is 4.40. The van der Waals surface area contributed by atoms with E-state index in [9.17, 15) is 0 Å². The molecular weight excluding hydrogens is 348 g/mol. The van der Waals surface area contributed by atoms with E-state index in [4.69, 9.17) is 0 Å². The molecule has 0 amide bonds. The van der Waals surface area contributed by atoms with E-state index in [0.717, 1.165) is 39.4 Å². The van der Waals surface area contributed by atoms with E-state index < -0.39 is 0 Å². The van der Waals surface area contributed by atoms with Crippen LogP contribution in [0.4, 0.5) is 0 Å². The van der Waals surface area contributed by atoms with E-state index in [-0.39, 0.29) is 0 Å². The van der Waals surface area contributed by atoms with Crippen molar-refractivity contribution in [3.8, 4) is 23.7 Å². The first-order valence-corrected chi connectivity index (χ1v) is 9.94. The molecule has 0 unspecified atom stereocenters. The van der Waals surface area contributed by atoms with Crippen LogP contribution in [0.25, 0.3) is 10.8 Å². The summed E-state index contributed by atoms with van der Waals surface area (Å²) < 4.78 is 0. The van der Waals surface area contributed by atoms with E-state index >= 15 is 0 Å². The summed E-state index contributed by atoms with van der Waals surface area (Å²) in [4.78, 5) is 0. The zero-order valence-corrected chi connectivity index (χ0v) is 16.8. The van der Waals surface area contributed by atoms with E-state index in [1.165, 1.54) is 11.1 Å². The molecule has 138 valence electrons. The SMILES string of the molecule is CCc1ccc(C#Cc2ccc(C#Cc3ccc(C)cc3)c3ccccc23)cc1. The van der Waals surface area contributed by atoms with Crippen molar-refractivity contribution in [2.45, 2.75) is 20.3 Å². The number of rotatable bonds is 1. The van der Waals surface area contributed by atoms with Crippen LogP contribution in [0.5, 0.6) is 0 Å². The minimum Gasteiger partial charge on any atom is -0.0616 e. The molecule has 4 rings (SSSR count). The van der Waals surface area contributed by atoms with Gasteiger partial charge in [0.15, 0.2) is 0 Å². The zero-order chi connectivity index (χ0) is 20.1. The van der Waals surface area contributed by atoms with Gasteiger partial charge in [-0.3, -0.25) is 0 Å². The predicted octanol–water partition coefficient (Wildman–Crippen LogP) is 6.51. The number of hydrogen-bond donors (Lipinski definition) is 0. The number of hydrogen-bond acceptors (Lipinski definition) is 0. The molecule has 0 heterocycles. The van der Waals surface area contributed by atoms with Crippen LogP contribution >= 0.6 is 0 Å². The Bertz CT molecular complexity index is 1270. The second kappa shape index (κ2) is 8.52. The quantitative estimate of drug-likeness (QED) is 0.335. The first-order valence-electron chi connectivity index (χ1n) is 9.94. The lowest BCUT2D eigenvalue weighted by Crippen LogP contribution is -1.86. The van der Waals surface area contributed by atoms with Gasteiger partial charge in [0.1, 0.15) is 0 Å². The number of fused-ring (bicyclic) bond motifs is 1. The van der Waals surface area contributed by atoms with Crippen LogP contribution in [-0.2, 0) is 6.42 Å². The normalized spacial score (nSPS) is 10.0. The molecule has 0 radical (unpaired) electrons. The highest BCUT2D eigenvalue weighted by Crippen LogP contribution is 2.22. The lowest BCUT2D eigenvalue weighted by Gasteiger charge is -2.03. The maximum absolute atomic E-state index is 3.35. The zero-order valence-electron chi connectivity index (χ0n) is 16.8. The molecule has 29 heavy (non-hydrogen) atoms. The summed E-state index contributed by atoms with van der Waals surface area (Å²) in [6, 6.07) is 29.3.